The number of aliphatic hydroxyl groups is 1. The Morgan fingerprint density at radius 1 is 1.58 bits per heavy atom. The Morgan fingerprint density at radius 2 is 2.17 bits per heavy atom. The summed E-state index contributed by atoms with van der Waals surface area (Å²) in [5.41, 5.74) is 0. The largest absolute Gasteiger partial charge is 0.512 e. The maximum atomic E-state index is 10.5. The predicted octanol–water partition coefficient (Wildman–Crippen LogP) is 2.48. The Balaban J connectivity index is 4.24. The summed E-state index contributed by atoms with van der Waals surface area (Å²) in [7, 11) is 0. The van der Waals surface area contributed by atoms with Crippen molar-refractivity contribution < 1.29 is 9.90 Å². The third-order valence-corrected chi connectivity index (χ3v) is 1.67. The zero-order valence-corrected chi connectivity index (χ0v) is 7.66. The molecule has 0 bridgehead atoms. The third-order valence-electron chi connectivity index (χ3n) is 1.67. The van der Waals surface area contributed by atoms with Gasteiger partial charge in [-0.25, -0.2) is 0 Å². The van der Waals surface area contributed by atoms with E-state index in [0.717, 1.165) is 6.29 Å². The van der Waals surface area contributed by atoms with Crippen LogP contribution in [0.3, 0.4) is 0 Å². The molecule has 0 aromatic rings. The van der Waals surface area contributed by atoms with Crippen molar-refractivity contribution in [2.24, 2.45) is 11.8 Å². The van der Waals surface area contributed by atoms with Crippen molar-refractivity contribution in [3.63, 3.8) is 0 Å². The molecule has 0 amide bonds. The molecule has 12 heavy (non-hydrogen) atoms. The van der Waals surface area contributed by atoms with Gasteiger partial charge in [0, 0.05) is 12.3 Å². The standard InChI is InChI=1S/C10H16O2/c1-4-5-10(12)6-9(7-11)8(2)3/h4,6-9,12H,1,5H2,2-3H3. The van der Waals surface area contributed by atoms with Gasteiger partial charge in [0.15, 0.2) is 0 Å². The van der Waals surface area contributed by atoms with Gasteiger partial charge in [-0.3, -0.25) is 0 Å². The zero-order valence-electron chi connectivity index (χ0n) is 7.66. The first-order chi connectivity index (χ1) is 5.61. The number of allylic oxidation sites excluding steroid dienone is 2. The second kappa shape index (κ2) is 5.58. The highest BCUT2D eigenvalue weighted by atomic mass is 16.3. The monoisotopic (exact) mass is 168 g/mol. The number of carbonyl (C=O) groups is 1. The molecule has 0 aliphatic carbocycles. The second-order valence-corrected chi connectivity index (χ2v) is 3.11. The molecule has 0 aromatic carbocycles. The summed E-state index contributed by atoms with van der Waals surface area (Å²) in [6.07, 6.45) is 4.47. The van der Waals surface area contributed by atoms with Gasteiger partial charge in [0.25, 0.3) is 0 Å². The van der Waals surface area contributed by atoms with Crippen molar-refractivity contribution in [2.75, 3.05) is 0 Å². The molecule has 1 N–H and O–H groups in total. The van der Waals surface area contributed by atoms with E-state index >= 15 is 0 Å². The highest BCUT2D eigenvalue weighted by Gasteiger charge is 2.09. The van der Waals surface area contributed by atoms with Crippen LogP contribution >= 0.6 is 0 Å². The minimum absolute atomic E-state index is 0.190. The third kappa shape index (κ3) is 3.96. The Hall–Kier alpha value is -1.05. The number of carbonyl (C=O) groups excluding carboxylic acids is 1. The minimum Gasteiger partial charge on any atom is -0.512 e. The van der Waals surface area contributed by atoms with E-state index in [1.54, 1.807) is 12.2 Å². The summed E-state index contributed by atoms with van der Waals surface area (Å²) in [4.78, 5) is 10.5. The highest BCUT2D eigenvalue weighted by molar-refractivity contribution is 5.57. The molecule has 2 heteroatoms. The molecule has 1 atom stereocenters. The van der Waals surface area contributed by atoms with E-state index in [1.165, 1.54) is 0 Å². The van der Waals surface area contributed by atoms with Crippen molar-refractivity contribution in [3.05, 3.63) is 24.5 Å². The molecular weight excluding hydrogens is 152 g/mol. The molecule has 0 heterocycles. The lowest BCUT2D eigenvalue weighted by Crippen LogP contribution is -2.07. The topological polar surface area (TPSA) is 37.3 Å². The number of rotatable bonds is 5. The van der Waals surface area contributed by atoms with Crippen LogP contribution in [0.25, 0.3) is 0 Å². The fourth-order valence-corrected chi connectivity index (χ4v) is 0.827. The molecule has 0 saturated heterocycles. The van der Waals surface area contributed by atoms with Crippen LogP contribution < -0.4 is 0 Å². The van der Waals surface area contributed by atoms with E-state index in [4.69, 9.17) is 0 Å². The lowest BCUT2D eigenvalue weighted by atomic mass is 9.96. The maximum absolute atomic E-state index is 10.5. The quantitative estimate of drug-likeness (QED) is 0.389. The summed E-state index contributed by atoms with van der Waals surface area (Å²) in [5.74, 6) is 0.259. The van der Waals surface area contributed by atoms with Gasteiger partial charge < -0.3 is 9.90 Å². The lowest BCUT2D eigenvalue weighted by molar-refractivity contribution is -0.110. The van der Waals surface area contributed by atoms with Crippen molar-refractivity contribution in [3.8, 4) is 0 Å². The fourth-order valence-electron chi connectivity index (χ4n) is 0.827. The molecular formula is C10H16O2. The van der Waals surface area contributed by atoms with Gasteiger partial charge in [0.05, 0.1) is 5.76 Å². The molecule has 2 nitrogen and oxygen atoms in total. The Bertz CT molecular complexity index is 180. The Morgan fingerprint density at radius 3 is 2.50 bits per heavy atom. The van der Waals surface area contributed by atoms with Gasteiger partial charge >= 0.3 is 0 Å². The molecule has 0 aliphatic rings. The normalized spacial score (nSPS) is 14.4. The average Bonchev–Trinajstić information content (AvgIpc) is 2.00. The first-order valence-corrected chi connectivity index (χ1v) is 4.07. The molecule has 0 aliphatic heterocycles. The van der Waals surface area contributed by atoms with Gasteiger partial charge in [-0.15, -0.1) is 6.58 Å². The minimum atomic E-state index is -0.190. The molecule has 1 unspecified atom stereocenters. The summed E-state index contributed by atoms with van der Waals surface area (Å²) in [6.45, 7) is 7.37. The first-order valence-electron chi connectivity index (χ1n) is 4.07. The smallest absolute Gasteiger partial charge is 0.127 e. The maximum Gasteiger partial charge on any atom is 0.127 e. The van der Waals surface area contributed by atoms with Crippen LogP contribution in [0.15, 0.2) is 24.5 Å². The van der Waals surface area contributed by atoms with E-state index in [9.17, 15) is 9.90 Å². The van der Waals surface area contributed by atoms with Crippen LogP contribution in [0.4, 0.5) is 0 Å². The van der Waals surface area contributed by atoms with Crippen LogP contribution in [0.2, 0.25) is 0 Å². The highest BCUT2D eigenvalue weighted by Crippen LogP contribution is 2.12. The number of aldehydes is 1. The summed E-state index contributed by atoms with van der Waals surface area (Å²) < 4.78 is 0. The summed E-state index contributed by atoms with van der Waals surface area (Å²) >= 11 is 0. The summed E-state index contributed by atoms with van der Waals surface area (Å²) in [6, 6.07) is 0. The number of aliphatic hydroxyl groups excluding tert-OH is 1. The summed E-state index contributed by atoms with van der Waals surface area (Å²) in [5, 5.41) is 9.23. The van der Waals surface area contributed by atoms with Crippen LogP contribution in [0.5, 0.6) is 0 Å². The molecule has 0 rings (SSSR count). The SMILES string of the molecule is C=CCC(O)=CC(C=O)C(C)C. The van der Waals surface area contributed by atoms with Gasteiger partial charge in [-0.05, 0) is 12.0 Å². The van der Waals surface area contributed by atoms with Crippen LogP contribution in [0.1, 0.15) is 20.3 Å². The van der Waals surface area contributed by atoms with E-state index in [2.05, 4.69) is 6.58 Å². The van der Waals surface area contributed by atoms with Crippen molar-refractivity contribution in [1.82, 2.24) is 0 Å². The van der Waals surface area contributed by atoms with Crippen LogP contribution in [-0.4, -0.2) is 11.4 Å². The van der Waals surface area contributed by atoms with E-state index in [0.29, 0.717) is 6.42 Å². The first kappa shape index (κ1) is 11.0. The molecule has 0 aromatic heterocycles. The predicted molar refractivity (Wildman–Crippen MR) is 49.9 cm³/mol. The molecule has 0 spiro atoms. The van der Waals surface area contributed by atoms with E-state index in [-0.39, 0.29) is 17.6 Å². The van der Waals surface area contributed by atoms with Crippen molar-refractivity contribution in [2.45, 2.75) is 20.3 Å². The number of hydrogen-bond acceptors (Lipinski definition) is 2. The van der Waals surface area contributed by atoms with E-state index in [1.807, 2.05) is 13.8 Å². The molecule has 0 radical (unpaired) electrons. The van der Waals surface area contributed by atoms with Gasteiger partial charge in [0.2, 0.25) is 0 Å². The molecule has 0 fully saturated rings. The number of hydrogen-bond donors (Lipinski definition) is 1. The van der Waals surface area contributed by atoms with Crippen molar-refractivity contribution in [1.29, 1.82) is 0 Å². The fraction of sp³-hybridized carbons (Fsp3) is 0.500. The second-order valence-electron chi connectivity index (χ2n) is 3.11. The Kier molecular flexibility index (Phi) is 5.09. The average molecular weight is 168 g/mol. The zero-order chi connectivity index (χ0) is 9.56. The van der Waals surface area contributed by atoms with Gasteiger partial charge in [-0.2, -0.15) is 0 Å². The Labute approximate surface area is 73.6 Å². The lowest BCUT2D eigenvalue weighted by Gasteiger charge is -2.09. The van der Waals surface area contributed by atoms with E-state index < -0.39 is 0 Å². The van der Waals surface area contributed by atoms with Gasteiger partial charge in [0.1, 0.15) is 6.29 Å². The molecule has 68 valence electrons. The van der Waals surface area contributed by atoms with Crippen LogP contribution in [-0.2, 0) is 4.79 Å². The van der Waals surface area contributed by atoms with Crippen LogP contribution in [0, 0.1) is 11.8 Å². The van der Waals surface area contributed by atoms with Crippen molar-refractivity contribution >= 4 is 6.29 Å². The van der Waals surface area contributed by atoms with Gasteiger partial charge in [-0.1, -0.05) is 19.9 Å². The molecule has 0 saturated carbocycles.